The van der Waals surface area contributed by atoms with Crippen molar-refractivity contribution in [2.24, 2.45) is 34.5 Å². The minimum absolute atomic E-state index is 0.325. The Labute approximate surface area is 148 Å². The van der Waals surface area contributed by atoms with Crippen molar-refractivity contribution >= 4 is 5.78 Å². The average molecular weight is 327 g/mol. The van der Waals surface area contributed by atoms with Crippen molar-refractivity contribution in [3.63, 3.8) is 0 Å². The van der Waals surface area contributed by atoms with Gasteiger partial charge in [-0.05, 0) is 99.4 Å². The summed E-state index contributed by atoms with van der Waals surface area (Å²) in [6.07, 6.45) is 14.4. The van der Waals surface area contributed by atoms with Gasteiger partial charge in [0, 0.05) is 6.42 Å². The third kappa shape index (κ3) is 2.15. The molecule has 6 unspecified atom stereocenters. The minimum Gasteiger partial charge on any atom is -0.295 e. The second kappa shape index (κ2) is 5.58. The molecule has 4 aliphatic carbocycles. The molecule has 1 heteroatoms. The highest BCUT2D eigenvalue weighted by Gasteiger charge is 2.58. The highest BCUT2D eigenvalue weighted by Crippen LogP contribution is 2.67. The Kier molecular flexibility index (Phi) is 3.86. The number of hydrogen-bond donors (Lipinski definition) is 0. The molecular formula is C23H34O. The van der Waals surface area contributed by atoms with Crippen molar-refractivity contribution < 1.29 is 4.79 Å². The smallest absolute Gasteiger partial charge is 0.155 e. The maximum absolute atomic E-state index is 11.9. The summed E-state index contributed by atoms with van der Waals surface area (Å²) in [5.41, 5.74) is 3.98. The van der Waals surface area contributed by atoms with Gasteiger partial charge in [-0.1, -0.05) is 31.1 Å². The van der Waals surface area contributed by atoms with Crippen LogP contribution in [-0.2, 0) is 4.79 Å². The van der Waals surface area contributed by atoms with Crippen LogP contribution >= 0.6 is 0 Å². The van der Waals surface area contributed by atoms with Crippen molar-refractivity contribution in [2.45, 2.75) is 79.1 Å². The van der Waals surface area contributed by atoms with Crippen molar-refractivity contribution in [3.8, 4) is 0 Å². The highest BCUT2D eigenvalue weighted by molar-refractivity contribution is 5.91. The lowest BCUT2D eigenvalue weighted by molar-refractivity contribution is -0.117. The predicted molar refractivity (Wildman–Crippen MR) is 99.6 cm³/mol. The van der Waals surface area contributed by atoms with Gasteiger partial charge < -0.3 is 0 Å². The number of fused-ring (bicyclic) bond motifs is 5. The van der Waals surface area contributed by atoms with E-state index < -0.39 is 0 Å². The maximum Gasteiger partial charge on any atom is 0.155 e. The van der Waals surface area contributed by atoms with Gasteiger partial charge in [0.05, 0.1) is 0 Å². The molecule has 0 aromatic carbocycles. The van der Waals surface area contributed by atoms with E-state index in [4.69, 9.17) is 0 Å². The molecule has 0 spiro atoms. The first-order valence-corrected chi connectivity index (χ1v) is 10.3. The van der Waals surface area contributed by atoms with Gasteiger partial charge in [-0.25, -0.2) is 0 Å². The third-order valence-corrected chi connectivity index (χ3v) is 8.97. The van der Waals surface area contributed by atoms with Crippen LogP contribution in [0.1, 0.15) is 79.1 Å². The van der Waals surface area contributed by atoms with E-state index in [1.807, 2.05) is 6.08 Å². The number of allylic oxidation sites excluding steroid dienone is 3. The van der Waals surface area contributed by atoms with Crippen LogP contribution in [0, 0.1) is 34.5 Å². The molecule has 24 heavy (non-hydrogen) atoms. The molecule has 0 bridgehead atoms. The molecule has 0 aliphatic heterocycles. The lowest BCUT2D eigenvalue weighted by Gasteiger charge is -2.58. The predicted octanol–water partition coefficient (Wildman–Crippen LogP) is 6.10. The highest BCUT2D eigenvalue weighted by atomic mass is 16.1. The zero-order valence-corrected chi connectivity index (χ0v) is 16.0. The monoisotopic (exact) mass is 326 g/mol. The van der Waals surface area contributed by atoms with Crippen LogP contribution in [0.5, 0.6) is 0 Å². The molecular weight excluding hydrogens is 292 g/mol. The van der Waals surface area contributed by atoms with Gasteiger partial charge in [0.25, 0.3) is 0 Å². The number of rotatable bonds is 1. The molecule has 0 N–H and O–H groups in total. The lowest BCUT2D eigenvalue weighted by Crippen LogP contribution is -2.50. The molecule has 0 radical (unpaired) electrons. The van der Waals surface area contributed by atoms with E-state index >= 15 is 0 Å². The van der Waals surface area contributed by atoms with E-state index in [9.17, 15) is 4.79 Å². The second-order valence-electron chi connectivity index (χ2n) is 9.68. The summed E-state index contributed by atoms with van der Waals surface area (Å²) >= 11 is 0. The first-order chi connectivity index (χ1) is 11.4. The molecule has 1 nitrogen and oxygen atoms in total. The number of ketones is 1. The van der Waals surface area contributed by atoms with Gasteiger partial charge in [-0.3, -0.25) is 4.79 Å². The number of carbonyl (C=O) groups excluding carboxylic acids is 1. The fraction of sp³-hybridized carbons (Fsp3) is 0.783. The zero-order chi connectivity index (χ0) is 17.1. The molecule has 3 saturated carbocycles. The SMILES string of the molecule is CC=C(C)C1CCC2C3CCC4=CC(=O)CCC4(C)C3CCC12C. The Balaban J connectivity index is 1.66. The summed E-state index contributed by atoms with van der Waals surface area (Å²) in [5, 5.41) is 0. The maximum atomic E-state index is 11.9. The van der Waals surface area contributed by atoms with Gasteiger partial charge in [0.15, 0.2) is 5.78 Å². The van der Waals surface area contributed by atoms with E-state index in [2.05, 4.69) is 33.8 Å². The lowest BCUT2D eigenvalue weighted by atomic mass is 9.46. The number of hydrogen-bond acceptors (Lipinski definition) is 1. The van der Waals surface area contributed by atoms with E-state index in [0.717, 1.165) is 36.5 Å². The van der Waals surface area contributed by atoms with Crippen LogP contribution in [0.15, 0.2) is 23.3 Å². The fourth-order valence-electron chi connectivity index (χ4n) is 7.51. The van der Waals surface area contributed by atoms with Crippen LogP contribution < -0.4 is 0 Å². The molecule has 132 valence electrons. The molecule has 6 atom stereocenters. The second-order valence-corrected chi connectivity index (χ2v) is 9.68. The van der Waals surface area contributed by atoms with E-state index in [1.54, 1.807) is 5.57 Å². The molecule has 0 aromatic heterocycles. The van der Waals surface area contributed by atoms with Gasteiger partial charge in [0.2, 0.25) is 0 Å². The van der Waals surface area contributed by atoms with Gasteiger partial charge in [-0.2, -0.15) is 0 Å². The van der Waals surface area contributed by atoms with Gasteiger partial charge in [-0.15, -0.1) is 0 Å². The molecule has 0 saturated heterocycles. The van der Waals surface area contributed by atoms with Crippen molar-refractivity contribution in [3.05, 3.63) is 23.3 Å². The summed E-state index contributed by atoms with van der Waals surface area (Å²) in [6.45, 7) is 9.68. The normalized spacial score (nSPS) is 48.4. The summed E-state index contributed by atoms with van der Waals surface area (Å²) in [7, 11) is 0. The third-order valence-electron chi connectivity index (χ3n) is 8.97. The first-order valence-electron chi connectivity index (χ1n) is 10.3. The Morgan fingerprint density at radius 1 is 1.08 bits per heavy atom. The topological polar surface area (TPSA) is 17.1 Å². The quantitative estimate of drug-likeness (QED) is 0.532. The molecule has 0 heterocycles. The Morgan fingerprint density at radius 3 is 2.62 bits per heavy atom. The Morgan fingerprint density at radius 2 is 1.88 bits per heavy atom. The molecule has 0 amide bonds. The van der Waals surface area contributed by atoms with Crippen LogP contribution in [0.3, 0.4) is 0 Å². The van der Waals surface area contributed by atoms with Crippen LogP contribution in [-0.4, -0.2) is 5.78 Å². The van der Waals surface area contributed by atoms with Gasteiger partial charge in [0.1, 0.15) is 0 Å². The average Bonchev–Trinajstić information content (AvgIpc) is 2.92. The van der Waals surface area contributed by atoms with Crippen LogP contribution in [0.2, 0.25) is 0 Å². The standard InChI is InChI=1S/C23H34O/c1-5-15(2)19-8-9-20-18-7-6-16-14-17(24)10-12-22(16,3)21(18)11-13-23(19,20)4/h5,14,18-21H,6-13H2,1-4H3. The fourth-order valence-corrected chi connectivity index (χ4v) is 7.51. The summed E-state index contributed by atoms with van der Waals surface area (Å²) in [6, 6.07) is 0. The Hall–Kier alpha value is -0.850. The van der Waals surface area contributed by atoms with E-state index in [1.165, 1.54) is 44.1 Å². The summed E-state index contributed by atoms with van der Waals surface area (Å²) in [4.78, 5) is 11.9. The van der Waals surface area contributed by atoms with E-state index in [-0.39, 0.29) is 0 Å². The zero-order valence-electron chi connectivity index (χ0n) is 16.0. The molecule has 4 aliphatic rings. The summed E-state index contributed by atoms with van der Waals surface area (Å²) < 4.78 is 0. The van der Waals surface area contributed by atoms with Crippen LogP contribution in [0.25, 0.3) is 0 Å². The first kappa shape index (κ1) is 16.6. The number of carbonyl (C=O) groups is 1. The van der Waals surface area contributed by atoms with Gasteiger partial charge >= 0.3 is 0 Å². The largest absolute Gasteiger partial charge is 0.295 e. The molecule has 4 rings (SSSR count). The summed E-state index contributed by atoms with van der Waals surface area (Å²) in [5.74, 6) is 3.83. The van der Waals surface area contributed by atoms with Crippen molar-refractivity contribution in [2.75, 3.05) is 0 Å². The van der Waals surface area contributed by atoms with Crippen LogP contribution in [0.4, 0.5) is 0 Å². The van der Waals surface area contributed by atoms with E-state index in [0.29, 0.717) is 16.6 Å². The van der Waals surface area contributed by atoms with Crippen molar-refractivity contribution in [1.29, 1.82) is 0 Å². The van der Waals surface area contributed by atoms with Crippen molar-refractivity contribution in [1.82, 2.24) is 0 Å². The Bertz CT molecular complexity index is 612. The molecule has 3 fully saturated rings. The minimum atomic E-state index is 0.325. The molecule has 0 aromatic rings.